The van der Waals surface area contributed by atoms with Crippen LogP contribution in [0.4, 0.5) is 0 Å². The first kappa shape index (κ1) is 30.1. The second-order valence-corrected chi connectivity index (χ2v) is 16.6. The molecule has 0 radical (unpaired) electrons. The number of hydrogen-bond donors (Lipinski definition) is 2. The molecular weight excluding hydrogens is 518 g/mol. The van der Waals surface area contributed by atoms with Crippen molar-refractivity contribution in [3.63, 3.8) is 0 Å². The van der Waals surface area contributed by atoms with Crippen LogP contribution < -0.4 is 10.7 Å². The van der Waals surface area contributed by atoms with E-state index in [1.165, 1.54) is 89.2 Å². The van der Waals surface area contributed by atoms with E-state index in [1.54, 1.807) is 0 Å². The molecule has 0 heterocycles. The van der Waals surface area contributed by atoms with Crippen molar-refractivity contribution in [3.05, 3.63) is 0 Å². The van der Waals surface area contributed by atoms with Gasteiger partial charge in [-0.1, -0.05) is 73.1 Å². The highest BCUT2D eigenvalue weighted by atomic mass is 35.5. The summed E-state index contributed by atoms with van der Waals surface area (Å²) in [6, 6.07) is 0.513. The topological polar surface area (TPSA) is 36.4 Å². The fraction of sp³-hybridized carbons (Fsp3) is 0.941. The summed E-state index contributed by atoms with van der Waals surface area (Å²) in [7, 11) is 0. The van der Waals surface area contributed by atoms with Gasteiger partial charge < -0.3 is 5.32 Å². The fourth-order valence-corrected chi connectivity index (χ4v) is 11.3. The molecule has 9 atom stereocenters. The first-order chi connectivity index (χ1) is 18.6. The van der Waals surface area contributed by atoms with Gasteiger partial charge in [-0.05, 0) is 123 Å². The average molecular weight is 576 g/mol. The third kappa shape index (κ3) is 6.23. The van der Waals surface area contributed by atoms with Gasteiger partial charge in [-0.3, -0.25) is 5.43 Å². The zero-order chi connectivity index (χ0) is 27.8. The minimum atomic E-state index is 0.286. The van der Waals surface area contributed by atoms with Crippen LogP contribution in [-0.4, -0.2) is 22.2 Å². The van der Waals surface area contributed by atoms with E-state index < -0.39 is 0 Å². The Hall–Kier alpha value is -0.350. The van der Waals surface area contributed by atoms with E-state index in [1.807, 2.05) is 0 Å². The molecule has 222 valence electrons. The molecule has 1 unspecified atom stereocenters. The Morgan fingerprint density at radius 2 is 1.67 bits per heavy atom. The van der Waals surface area contributed by atoms with E-state index in [0.29, 0.717) is 22.8 Å². The molecule has 5 rings (SSSR count). The van der Waals surface area contributed by atoms with Gasteiger partial charge in [0.15, 0.2) is 5.11 Å². The molecule has 0 amide bonds. The van der Waals surface area contributed by atoms with Gasteiger partial charge in [-0.2, -0.15) is 5.10 Å². The van der Waals surface area contributed by atoms with E-state index in [9.17, 15) is 0 Å². The molecule has 5 aliphatic rings. The van der Waals surface area contributed by atoms with Crippen molar-refractivity contribution in [2.45, 2.75) is 149 Å². The van der Waals surface area contributed by atoms with Crippen molar-refractivity contribution >= 4 is 34.6 Å². The van der Waals surface area contributed by atoms with E-state index in [2.05, 4.69) is 45.4 Å². The maximum absolute atomic E-state index is 6.84. The van der Waals surface area contributed by atoms with Crippen LogP contribution in [0.15, 0.2) is 5.10 Å². The number of rotatable bonds is 7. The summed E-state index contributed by atoms with van der Waals surface area (Å²) in [4.78, 5) is 0. The molecule has 0 bridgehead atoms. The first-order valence-corrected chi connectivity index (χ1v) is 17.7. The Labute approximate surface area is 250 Å². The number of hydrazone groups is 1. The summed E-state index contributed by atoms with van der Waals surface area (Å²) in [6.45, 7) is 12.7. The highest BCUT2D eigenvalue weighted by Crippen LogP contribution is 2.68. The van der Waals surface area contributed by atoms with Crippen LogP contribution >= 0.6 is 23.8 Å². The third-order valence-electron chi connectivity index (χ3n) is 12.9. The van der Waals surface area contributed by atoms with Crippen molar-refractivity contribution in [1.29, 1.82) is 0 Å². The smallest absolute Gasteiger partial charge is 0.187 e. The van der Waals surface area contributed by atoms with Crippen LogP contribution in [0, 0.1) is 52.3 Å². The number of hydrogen-bond acceptors (Lipinski definition) is 2. The predicted molar refractivity (Wildman–Crippen MR) is 171 cm³/mol. The van der Waals surface area contributed by atoms with E-state index in [0.717, 1.165) is 59.9 Å². The van der Waals surface area contributed by atoms with Crippen molar-refractivity contribution < 1.29 is 0 Å². The van der Waals surface area contributed by atoms with Crippen LogP contribution in [0.2, 0.25) is 0 Å². The van der Waals surface area contributed by atoms with Gasteiger partial charge in [-0.25, -0.2) is 0 Å². The highest BCUT2D eigenvalue weighted by Gasteiger charge is 2.62. The molecular formula is C34H58ClN3S. The number of alkyl halides is 1. The number of fused-ring (bicyclic) bond motifs is 5. The number of nitrogens with zero attached hydrogens (tertiary/aromatic N) is 1. The maximum Gasteiger partial charge on any atom is 0.187 e. The first-order valence-electron chi connectivity index (χ1n) is 16.9. The average Bonchev–Trinajstić information content (AvgIpc) is 3.26. The lowest BCUT2D eigenvalue weighted by atomic mass is 9.44. The summed E-state index contributed by atoms with van der Waals surface area (Å²) >= 11 is 12.6. The lowest BCUT2D eigenvalue weighted by Crippen LogP contribution is -2.57. The van der Waals surface area contributed by atoms with Crippen LogP contribution in [-0.2, 0) is 0 Å². The highest BCUT2D eigenvalue weighted by molar-refractivity contribution is 7.80. The van der Waals surface area contributed by atoms with Crippen LogP contribution in [0.1, 0.15) is 137 Å². The van der Waals surface area contributed by atoms with Crippen molar-refractivity contribution in [2.24, 2.45) is 57.4 Å². The van der Waals surface area contributed by atoms with Gasteiger partial charge in [0.05, 0.1) is 0 Å². The van der Waals surface area contributed by atoms with E-state index in [-0.39, 0.29) is 5.38 Å². The number of nitrogens with one attached hydrogen (secondary N) is 2. The molecule has 5 heteroatoms. The van der Waals surface area contributed by atoms with Crippen molar-refractivity contribution in [1.82, 2.24) is 10.7 Å². The third-order valence-corrected chi connectivity index (χ3v) is 13.5. The van der Waals surface area contributed by atoms with Crippen molar-refractivity contribution in [2.75, 3.05) is 0 Å². The summed E-state index contributed by atoms with van der Waals surface area (Å²) in [5.74, 6) is 5.51. The second kappa shape index (κ2) is 12.5. The van der Waals surface area contributed by atoms with Crippen LogP contribution in [0.25, 0.3) is 0 Å². The molecule has 0 saturated heterocycles. The summed E-state index contributed by atoms with van der Waals surface area (Å²) < 4.78 is 0. The summed E-state index contributed by atoms with van der Waals surface area (Å²) in [5.41, 5.74) is 5.57. The number of halogens is 1. The predicted octanol–water partition coefficient (Wildman–Crippen LogP) is 9.48. The second-order valence-electron chi connectivity index (χ2n) is 15.6. The molecule has 5 aliphatic carbocycles. The standard InChI is InChI=1S/C34H58ClN3S/c1-22(2)10-9-11-23(3)27-14-15-28-26-21-31(37-38-32(39)36-25-12-7-6-8-13-25)30-20-24(35)16-18-34(30,5)29(26)17-19-33(27,28)4/h22-30H,6-21H2,1-5H3,(H2,36,38,39)/b37-31+/t23-,24+,26+,27-,28+,29+,30?,33-,34-/m1/s1. The summed E-state index contributed by atoms with van der Waals surface area (Å²) in [5, 5.41) is 9.74. The van der Waals surface area contributed by atoms with Gasteiger partial charge in [0.1, 0.15) is 0 Å². The monoisotopic (exact) mass is 575 g/mol. The van der Waals surface area contributed by atoms with Gasteiger partial charge in [-0.15, -0.1) is 11.6 Å². The minimum absolute atomic E-state index is 0.286. The van der Waals surface area contributed by atoms with Gasteiger partial charge in [0, 0.05) is 23.0 Å². The molecule has 5 saturated carbocycles. The molecule has 0 aliphatic heterocycles. The largest absolute Gasteiger partial charge is 0.359 e. The molecule has 39 heavy (non-hydrogen) atoms. The quantitative estimate of drug-likeness (QED) is 0.180. The Bertz CT molecular complexity index is 884. The van der Waals surface area contributed by atoms with Crippen LogP contribution in [0.3, 0.4) is 0 Å². The van der Waals surface area contributed by atoms with E-state index in [4.69, 9.17) is 28.9 Å². The molecule has 5 fully saturated rings. The lowest BCUT2D eigenvalue weighted by molar-refractivity contribution is -0.0794. The Kier molecular flexibility index (Phi) is 9.64. The van der Waals surface area contributed by atoms with Gasteiger partial charge in [0.25, 0.3) is 0 Å². The molecule has 3 nitrogen and oxygen atoms in total. The van der Waals surface area contributed by atoms with Gasteiger partial charge >= 0.3 is 0 Å². The minimum Gasteiger partial charge on any atom is -0.359 e. The maximum atomic E-state index is 6.84. The zero-order valence-corrected chi connectivity index (χ0v) is 27.3. The Morgan fingerprint density at radius 1 is 0.949 bits per heavy atom. The van der Waals surface area contributed by atoms with Crippen LogP contribution in [0.5, 0.6) is 0 Å². The lowest BCUT2D eigenvalue weighted by Gasteiger charge is -2.61. The molecule has 2 N–H and O–H groups in total. The van der Waals surface area contributed by atoms with Gasteiger partial charge in [0.2, 0.25) is 0 Å². The zero-order valence-electron chi connectivity index (χ0n) is 25.7. The molecule has 0 aromatic heterocycles. The van der Waals surface area contributed by atoms with E-state index >= 15 is 0 Å². The molecule has 0 aromatic carbocycles. The summed E-state index contributed by atoms with van der Waals surface area (Å²) in [6.07, 6.45) is 21.0. The normalized spacial score (nSPS) is 42.5. The Morgan fingerprint density at radius 3 is 2.41 bits per heavy atom. The van der Waals surface area contributed by atoms with Crippen molar-refractivity contribution in [3.8, 4) is 0 Å². The molecule has 0 spiro atoms. The number of thiocarbonyl (C=S) groups is 1. The molecule has 0 aromatic rings. The fourth-order valence-electron chi connectivity index (χ4n) is 10.8. The SMILES string of the molecule is CC(C)CCC[C@@H](C)[C@H]1CC[C@H]2[C@@H]3C/C(=N\NC(=S)NC4CCCCC4)C4C[C@@H](Cl)CC[C@]4(C)[C@H]3CC[C@]12C. The Balaban J connectivity index is 1.33.